The second-order valence-corrected chi connectivity index (χ2v) is 7.98. The largest absolute Gasteiger partial charge is 0.328 e. The SMILES string of the molecule is CC(N)CCCNS(=O)(=O)CS(C)(=O)=O. The third-order valence-electron chi connectivity index (χ3n) is 1.53. The van der Waals surface area contributed by atoms with Crippen molar-refractivity contribution in [3.8, 4) is 0 Å². The zero-order valence-corrected chi connectivity index (χ0v) is 10.6. The monoisotopic (exact) mass is 258 g/mol. The lowest BCUT2D eigenvalue weighted by atomic mass is 10.2. The molecular formula is C7H18N2O4S2. The van der Waals surface area contributed by atoms with E-state index in [9.17, 15) is 16.8 Å². The third-order valence-corrected chi connectivity index (χ3v) is 5.13. The van der Waals surface area contributed by atoms with Crippen LogP contribution in [-0.2, 0) is 19.9 Å². The van der Waals surface area contributed by atoms with Gasteiger partial charge in [0.15, 0.2) is 14.9 Å². The topological polar surface area (TPSA) is 106 Å². The summed E-state index contributed by atoms with van der Waals surface area (Å²) in [7, 11) is -7.23. The molecule has 1 unspecified atom stereocenters. The fraction of sp³-hybridized carbons (Fsp3) is 1.00. The predicted octanol–water partition coefficient (Wildman–Crippen LogP) is -0.965. The summed E-state index contributed by atoms with van der Waals surface area (Å²) in [6.45, 7) is 2.05. The van der Waals surface area contributed by atoms with E-state index in [1.807, 2.05) is 6.92 Å². The fourth-order valence-electron chi connectivity index (χ4n) is 0.975. The van der Waals surface area contributed by atoms with Crippen molar-refractivity contribution in [1.82, 2.24) is 4.72 Å². The molecule has 0 aliphatic rings. The zero-order valence-electron chi connectivity index (χ0n) is 8.93. The van der Waals surface area contributed by atoms with E-state index >= 15 is 0 Å². The van der Waals surface area contributed by atoms with Gasteiger partial charge in [0.1, 0.15) is 0 Å². The lowest BCUT2D eigenvalue weighted by Gasteiger charge is -2.06. The maximum absolute atomic E-state index is 11.2. The number of sulfonamides is 1. The minimum Gasteiger partial charge on any atom is -0.328 e. The van der Waals surface area contributed by atoms with Gasteiger partial charge >= 0.3 is 0 Å². The van der Waals surface area contributed by atoms with E-state index in [-0.39, 0.29) is 12.6 Å². The highest BCUT2D eigenvalue weighted by molar-refractivity contribution is 8.06. The Labute approximate surface area is 91.2 Å². The van der Waals surface area contributed by atoms with Crippen LogP contribution in [-0.4, -0.2) is 40.8 Å². The van der Waals surface area contributed by atoms with E-state index in [2.05, 4.69) is 4.72 Å². The van der Waals surface area contributed by atoms with E-state index in [1.54, 1.807) is 0 Å². The summed E-state index contributed by atoms with van der Waals surface area (Å²) in [6.07, 6.45) is 2.18. The highest BCUT2D eigenvalue weighted by atomic mass is 32.3. The number of nitrogens with two attached hydrogens (primary N) is 1. The Balaban J connectivity index is 3.97. The van der Waals surface area contributed by atoms with Gasteiger partial charge in [0.05, 0.1) is 0 Å². The van der Waals surface area contributed by atoms with Gasteiger partial charge in [-0.05, 0) is 19.8 Å². The molecule has 92 valence electrons. The van der Waals surface area contributed by atoms with Crippen LogP contribution in [0.15, 0.2) is 0 Å². The summed E-state index contributed by atoms with van der Waals surface area (Å²) in [5, 5.41) is -0.863. The molecule has 0 rings (SSSR count). The van der Waals surface area contributed by atoms with Gasteiger partial charge in [-0.2, -0.15) is 0 Å². The molecule has 0 aromatic carbocycles. The van der Waals surface area contributed by atoms with E-state index in [0.717, 1.165) is 6.26 Å². The fourth-order valence-corrected chi connectivity index (χ4v) is 4.02. The molecule has 8 heteroatoms. The Morgan fingerprint density at radius 3 is 2.20 bits per heavy atom. The minimum atomic E-state index is -3.72. The van der Waals surface area contributed by atoms with E-state index < -0.39 is 24.9 Å². The van der Waals surface area contributed by atoms with Gasteiger partial charge in [-0.1, -0.05) is 0 Å². The smallest absolute Gasteiger partial charge is 0.226 e. The average Bonchev–Trinajstić information content (AvgIpc) is 1.93. The first-order chi connectivity index (χ1) is 6.62. The molecule has 0 aromatic heterocycles. The molecule has 0 aliphatic heterocycles. The maximum Gasteiger partial charge on any atom is 0.226 e. The molecule has 3 N–H and O–H groups in total. The molecule has 0 bridgehead atoms. The standard InChI is InChI=1S/C7H18N2O4S2/c1-7(8)4-3-5-9-15(12,13)6-14(2,10)11/h7,9H,3-6,8H2,1-2H3. The first-order valence-corrected chi connectivity index (χ1v) is 8.24. The quantitative estimate of drug-likeness (QED) is 0.572. The highest BCUT2D eigenvalue weighted by Gasteiger charge is 2.16. The van der Waals surface area contributed by atoms with Crippen LogP contribution in [0.1, 0.15) is 19.8 Å². The Morgan fingerprint density at radius 2 is 1.80 bits per heavy atom. The van der Waals surface area contributed by atoms with E-state index in [0.29, 0.717) is 12.8 Å². The number of nitrogens with one attached hydrogen (secondary N) is 1. The van der Waals surface area contributed by atoms with Crippen molar-refractivity contribution in [2.45, 2.75) is 25.8 Å². The van der Waals surface area contributed by atoms with Crippen LogP contribution in [0.2, 0.25) is 0 Å². The summed E-state index contributed by atoms with van der Waals surface area (Å²) in [5.41, 5.74) is 5.47. The summed E-state index contributed by atoms with van der Waals surface area (Å²) in [4.78, 5) is 0. The second kappa shape index (κ2) is 5.78. The van der Waals surface area contributed by atoms with Gasteiger partial charge in [-0.25, -0.2) is 21.6 Å². The maximum atomic E-state index is 11.2. The molecule has 0 aliphatic carbocycles. The average molecular weight is 258 g/mol. The van der Waals surface area contributed by atoms with Crippen molar-refractivity contribution in [1.29, 1.82) is 0 Å². The van der Waals surface area contributed by atoms with Crippen molar-refractivity contribution < 1.29 is 16.8 Å². The zero-order chi connectivity index (χ0) is 12.1. The van der Waals surface area contributed by atoms with Crippen molar-refractivity contribution in [3.63, 3.8) is 0 Å². The molecule has 0 fully saturated rings. The van der Waals surface area contributed by atoms with Gasteiger partial charge in [0, 0.05) is 18.8 Å². The number of sulfone groups is 1. The second-order valence-electron chi connectivity index (χ2n) is 3.67. The first kappa shape index (κ1) is 14.8. The molecule has 0 amide bonds. The van der Waals surface area contributed by atoms with Crippen LogP contribution < -0.4 is 10.5 Å². The summed E-state index contributed by atoms with van der Waals surface area (Å²) < 4.78 is 46.0. The van der Waals surface area contributed by atoms with Crippen LogP contribution in [0.5, 0.6) is 0 Å². The van der Waals surface area contributed by atoms with Crippen LogP contribution in [0.3, 0.4) is 0 Å². The lowest BCUT2D eigenvalue weighted by Crippen LogP contribution is -2.31. The molecular weight excluding hydrogens is 240 g/mol. The Morgan fingerprint density at radius 1 is 1.27 bits per heavy atom. The molecule has 0 radical (unpaired) electrons. The minimum absolute atomic E-state index is 0.0180. The van der Waals surface area contributed by atoms with Crippen LogP contribution >= 0.6 is 0 Å². The van der Waals surface area contributed by atoms with E-state index in [4.69, 9.17) is 5.73 Å². The van der Waals surface area contributed by atoms with Crippen molar-refractivity contribution >= 4 is 19.9 Å². The Hall–Kier alpha value is -0.180. The Bertz CT molecular complexity index is 372. The molecule has 0 saturated heterocycles. The predicted molar refractivity (Wildman–Crippen MR) is 59.5 cm³/mol. The van der Waals surface area contributed by atoms with Crippen molar-refractivity contribution in [3.05, 3.63) is 0 Å². The summed E-state index contributed by atoms with van der Waals surface area (Å²) in [6, 6.07) is 0.0180. The molecule has 0 spiro atoms. The van der Waals surface area contributed by atoms with Crippen molar-refractivity contribution in [2.75, 3.05) is 17.9 Å². The molecule has 0 heterocycles. The van der Waals surface area contributed by atoms with E-state index in [1.165, 1.54) is 0 Å². The van der Waals surface area contributed by atoms with Crippen LogP contribution in [0.25, 0.3) is 0 Å². The molecule has 6 nitrogen and oxygen atoms in total. The summed E-state index contributed by atoms with van der Waals surface area (Å²) in [5.74, 6) is 0. The van der Waals surface area contributed by atoms with Crippen LogP contribution in [0, 0.1) is 0 Å². The summed E-state index contributed by atoms with van der Waals surface area (Å²) >= 11 is 0. The van der Waals surface area contributed by atoms with Crippen molar-refractivity contribution in [2.24, 2.45) is 5.73 Å². The van der Waals surface area contributed by atoms with Gasteiger partial charge < -0.3 is 5.73 Å². The highest BCUT2D eigenvalue weighted by Crippen LogP contribution is 1.95. The number of rotatable bonds is 7. The normalized spacial score (nSPS) is 15.1. The first-order valence-electron chi connectivity index (χ1n) is 4.53. The molecule has 0 aromatic rings. The van der Waals surface area contributed by atoms with Gasteiger partial charge in [-0.15, -0.1) is 0 Å². The number of hydrogen-bond acceptors (Lipinski definition) is 5. The van der Waals surface area contributed by atoms with Gasteiger partial charge in [0.25, 0.3) is 0 Å². The molecule has 1 atom stereocenters. The molecule has 15 heavy (non-hydrogen) atoms. The lowest BCUT2D eigenvalue weighted by molar-refractivity contribution is 0.568. The van der Waals surface area contributed by atoms with Crippen LogP contribution in [0.4, 0.5) is 0 Å². The number of hydrogen-bond donors (Lipinski definition) is 2. The van der Waals surface area contributed by atoms with Gasteiger partial charge in [-0.3, -0.25) is 0 Å². The van der Waals surface area contributed by atoms with Gasteiger partial charge in [0.2, 0.25) is 10.0 Å². The third kappa shape index (κ3) is 10.1. The Kier molecular flexibility index (Phi) is 5.71. The molecule has 0 saturated carbocycles.